The summed E-state index contributed by atoms with van der Waals surface area (Å²) in [6, 6.07) is 3.73. The zero-order valence-corrected chi connectivity index (χ0v) is 7.34. The second-order valence-corrected chi connectivity index (χ2v) is 3.10. The third-order valence-corrected chi connectivity index (χ3v) is 2.23. The maximum atomic E-state index is 11.4. The molecule has 1 aromatic heterocycles. The number of nitrogens with one attached hydrogen (secondary N) is 2. The van der Waals surface area contributed by atoms with Crippen LogP contribution in [0.3, 0.4) is 0 Å². The minimum atomic E-state index is 0.00986. The summed E-state index contributed by atoms with van der Waals surface area (Å²) in [5.41, 5.74) is 1.97. The molecular formula is C10H12N2O. The summed E-state index contributed by atoms with van der Waals surface area (Å²) in [5.74, 6) is 0. The van der Waals surface area contributed by atoms with Crippen molar-refractivity contribution in [1.29, 1.82) is 0 Å². The zero-order chi connectivity index (χ0) is 9.10. The predicted molar refractivity (Wildman–Crippen MR) is 52.5 cm³/mol. The number of H-pyrrole nitrogens is 1. The summed E-state index contributed by atoms with van der Waals surface area (Å²) < 4.78 is 0. The van der Waals surface area contributed by atoms with Gasteiger partial charge in [-0.3, -0.25) is 4.79 Å². The van der Waals surface area contributed by atoms with Crippen molar-refractivity contribution in [1.82, 2.24) is 10.3 Å². The molecular weight excluding hydrogens is 164 g/mol. The van der Waals surface area contributed by atoms with Crippen molar-refractivity contribution in [3.63, 3.8) is 0 Å². The summed E-state index contributed by atoms with van der Waals surface area (Å²) in [5, 5.41) is 3.22. The average Bonchev–Trinajstić information content (AvgIpc) is 2.20. The Morgan fingerprint density at radius 2 is 2.31 bits per heavy atom. The van der Waals surface area contributed by atoms with Crippen LogP contribution in [-0.2, 0) is 0 Å². The van der Waals surface area contributed by atoms with Crippen LogP contribution in [-0.4, -0.2) is 18.1 Å². The van der Waals surface area contributed by atoms with Crippen LogP contribution >= 0.6 is 0 Å². The summed E-state index contributed by atoms with van der Waals surface area (Å²) >= 11 is 0. The SMILES string of the molecule is O=c1[nH]cccc1C1=CCNCC1. The zero-order valence-electron chi connectivity index (χ0n) is 7.34. The van der Waals surface area contributed by atoms with Gasteiger partial charge < -0.3 is 10.3 Å². The Morgan fingerprint density at radius 1 is 1.38 bits per heavy atom. The van der Waals surface area contributed by atoms with Crippen molar-refractivity contribution in [3.8, 4) is 0 Å². The molecule has 0 aliphatic carbocycles. The molecule has 0 saturated heterocycles. The molecule has 13 heavy (non-hydrogen) atoms. The highest BCUT2D eigenvalue weighted by atomic mass is 16.1. The van der Waals surface area contributed by atoms with Gasteiger partial charge in [0.05, 0.1) is 0 Å². The van der Waals surface area contributed by atoms with Gasteiger partial charge in [0.2, 0.25) is 0 Å². The topological polar surface area (TPSA) is 44.9 Å². The third-order valence-electron chi connectivity index (χ3n) is 2.23. The van der Waals surface area contributed by atoms with Crippen molar-refractivity contribution in [2.45, 2.75) is 6.42 Å². The fourth-order valence-corrected chi connectivity index (χ4v) is 1.54. The summed E-state index contributed by atoms with van der Waals surface area (Å²) in [4.78, 5) is 14.1. The lowest BCUT2D eigenvalue weighted by Crippen LogP contribution is -2.22. The highest BCUT2D eigenvalue weighted by Crippen LogP contribution is 2.14. The monoisotopic (exact) mass is 176 g/mol. The van der Waals surface area contributed by atoms with E-state index in [0.29, 0.717) is 0 Å². The van der Waals surface area contributed by atoms with Crippen molar-refractivity contribution < 1.29 is 0 Å². The first kappa shape index (κ1) is 8.26. The maximum Gasteiger partial charge on any atom is 0.255 e. The number of hydrogen-bond acceptors (Lipinski definition) is 2. The first-order chi connectivity index (χ1) is 6.38. The summed E-state index contributed by atoms with van der Waals surface area (Å²) in [7, 11) is 0. The van der Waals surface area contributed by atoms with Gasteiger partial charge in [-0.25, -0.2) is 0 Å². The van der Waals surface area contributed by atoms with Crippen LogP contribution in [0.4, 0.5) is 0 Å². The molecule has 1 aliphatic rings. The second-order valence-electron chi connectivity index (χ2n) is 3.10. The van der Waals surface area contributed by atoms with Crippen molar-refractivity contribution >= 4 is 5.57 Å². The van der Waals surface area contributed by atoms with Gasteiger partial charge in [0.15, 0.2) is 0 Å². The van der Waals surface area contributed by atoms with Crippen molar-refractivity contribution in [2.75, 3.05) is 13.1 Å². The molecule has 0 atom stereocenters. The number of aromatic amines is 1. The fraction of sp³-hybridized carbons (Fsp3) is 0.300. The van der Waals surface area contributed by atoms with E-state index in [9.17, 15) is 4.79 Å². The Hall–Kier alpha value is -1.35. The minimum Gasteiger partial charge on any atom is -0.329 e. The van der Waals surface area contributed by atoms with E-state index in [2.05, 4.69) is 16.4 Å². The van der Waals surface area contributed by atoms with E-state index in [1.54, 1.807) is 6.20 Å². The molecule has 0 bridgehead atoms. The first-order valence-electron chi connectivity index (χ1n) is 4.46. The van der Waals surface area contributed by atoms with Crippen LogP contribution in [0, 0.1) is 0 Å². The van der Waals surface area contributed by atoms with Gasteiger partial charge in [-0.2, -0.15) is 0 Å². The van der Waals surface area contributed by atoms with E-state index in [1.807, 2.05) is 12.1 Å². The molecule has 0 aromatic carbocycles. The van der Waals surface area contributed by atoms with Crippen LogP contribution in [0.1, 0.15) is 12.0 Å². The molecule has 0 saturated carbocycles. The molecule has 1 aromatic rings. The molecule has 3 nitrogen and oxygen atoms in total. The molecule has 0 fully saturated rings. The summed E-state index contributed by atoms with van der Waals surface area (Å²) in [6.07, 6.45) is 4.68. The second kappa shape index (κ2) is 3.58. The van der Waals surface area contributed by atoms with Crippen LogP contribution < -0.4 is 10.9 Å². The van der Waals surface area contributed by atoms with Gasteiger partial charge in [0.1, 0.15) is 0 Å². The van der Waals surface area contributed by atoms with Gasteiger partial charge in [-0.15, -0.1) is 0 Å². The number of rotatable bonds is 1. The molecule has 1 aliphatic heterocycles. The lowest BCUT2D eigenvalue weighted by Gasteiger charge is -2.12. The van der Waals surface area contributed by atoms with Crippen LogP contribution in [0.5, 0.6) is 0 Å². The standard InChI is InChI=1S/C10H12N2O/c13-10-9(2-1-5-12-10)8-3-6-11-7-4-8/h1-3,5,11H,4,6-7H2,(H,12,13). The van der Waals surface area contributed by atoms with Gasteiger partial charge >= 0.3 is 0 Å². The van der Waals surface area contributed by atoms with Crippen molar-refractivity contribution in [2.24, 2.45) is 0 Å². The Labute approximate surface area is 76.5 Å². The minimum absolute atomic E-state index is 0.00986. The normalized spacial score (nSPS) is 16.8. The molecule has 3 heteroatoms. The van der Waals surface area contributed by atoms with Gasteiger partial charge in [-0.05, 0) is 30.7 Å². The molecule has 0 unspecified atom stereocenters. The predicted octanol–water partition coefficient (Wildman–Crippen LogP) is 0.752. The molecule has 2 N–H and O–H groups in total. The van der Waals surface area contributed by atoms with E-state index in [4.69, 9.17) is 0 Å². The lowest BCUT2D eigenvalue weighted by atomic mass is 10.0. The summed E-state index contributed by atoms with van der Waals surface area (Å²) in [6.45, 7) is 1.82. The Bertz CT molecular complexity index is 379. The molecule has 68 valence electrons. The van der Waals surface area contributed by atoms with E-state index in [1.165, 1.54) is 0 Å². The molecule has 2 rings (SSSR count). The van der Waals surface area contributed by atoms with E-state index in [-0.39, 0.29) is 5.56 Å². The highest BCUT2D eigenvalue weighted by molar-refractivity contribution is 5.65. The maximum absolute atomic E-state index is 11.4. The number of hydrogen-bond donors (Lipinski definition) is 2. The van der Waals surface area contributed by atoms with Gasteiger partial charge in [0.25, 0.3) is 5.56 Å². The molecule has 0 amide bonds. The average molecular weight is 176 g/mol. The van der Waals surface area contributed by atoms with E-state index < -0.39 is 0 Å². The highest BCUT2D eigenvalue weighted by Gasteiger charge is 2.07. The molecule has 2 heterocycles. The molecule has 0 radical (unpaired) electrons. The smallest absolute Gasteiger partial charge is 0.255 e. The Kier molecular flexibility index (Phi) is 2.27. The third kappa shape index (κ3) is 1.70. The van der Waals surface area contributed by atoms with Gasteiger partial charge in [0, 0.05) is 18.3 Å². The lowest BCUT2D eigenvalue weighted by molar-refractivity contribution is 0.738. The van der Waals surface area contributed by atoms with Crippen molar-refractivity contribution in [3.05, 3.63) is 40.3 Å². The number of pyridine rings is 1. The van der Waals surface area contributed by atoms with Crippen LogP contribution in [0.25, 0.3) is 5.57 Å². The quantitative estimate of drug-likeness (QED) is 0.663. The molecule has 0 spiro atoms. The largest absolute Gasteiger partial charge is 0.329 e. The van der Waals surface area contributed by atoms with Crippen LogP contribution in [0.2, 0.25) is 0 Å². The van der Waals surface area contributed by atoms with E-state index in [0.717, 1.165) is 30.6 Å². The Balaban J connectivity index is 2.40. The first-order valence-corrected chi connectivity index (χ1v) is 4.46. The number of aromatic nitrogens is 1. The van der Waals surface area contributed by atoms with E-state index >= 15 is 0 Å². The Morgan fingerprint density at radius 3 is 3.00 bits per heavy atom. The van der Waals surface area contributed by atoms with Gasteiger partial charge in [-0.1, -0.05) is 6.08 Å². The van der Waals surface area contributed by atoms with Crippen LogP contribution in [0.15, 0.2) is 29.2 Å². The fourth-order valence-electron chi connectivity index (χ4n) is 1.54.